The monoisotopic (exact) mass is 361 g/mol. The number of hydrogen-bond acceptors (Lipinski definition) is 6. The molecule has 124 valence electrons. The van der Waals surface area contributed by atoms with Gasteiger partial charge < -0.3 is 5.32 Å². The van der Waals surface area contributed by atoms with Gasteiger partial charge in [0.05, 0.1) is 10.6 Å². The smallest absolute Gasteiger partial charge is 0.247 e. The van der Waals surface area contributed by atoms with Crippen molar-refractivity contribution in [2.45, 2.75) is 23.0 Å². The number of thiophene rings is 1. The van der Waals surface area contributed by atoms with Crippen LogP contribution in [0.15, 0.2) is 40.6 Å². The van der Waals surface area contributed by atoms with Gasteiger partial charge in [0.25, 0.3) is 0 Å². The van der Waals surface area contributed by atoms with Crippen molar-refractivity contribution in [2.24, 2.45) is 5.14 Å². The summed E-state index contributed by atoms with van der Waals surface area (Å²) in [5, 5.41) is 15.6. The molecule has 1 aliphatic carbocycles. The molecule has 0 unspecified atom stereocenters. The van der Waals surface area contributed by atoms with Crippen LogP contribution in [-0.2, 0) is 10.0 Å². The van der Waals surface area contributed by atoms with Crippen molar-refractivity contribution in [2.75, 3.05) is 5.32 Å². The molecule has 0 spiro atoms. The fraction of sp³-hybridized carbons (Fsp3) is 0.200. The van der Waals surface area contributed by atoms with Crippen LogP contribution in [0.3, 0.4) is 0 Å². The van der Waals surface area contributed by atoms with Crippen molar-refractivity contribution in [1.29, 1.82) is 0 Å². The average molecular weight is 361 g/mol. The zero-order valence-corrected chi connectivity index (χ0v) is 14.2. The highest BCUT2D eigenvalue weighted by molar-refractivity contribution is 7.91. The lowest BCUT2D eigenvalue weighted by Crippen LogP contribution is -2.09. The predicted molar refractivity (Wildman–Crippen MR) is 92.8 cm³/mol. The van der Waals surface area contributed by atoms with Crippen LogP contribution in [0.2, 0.25) is 0 Å². The maximum atomic E-state index is 11.4. The van der Waals surface area contributed by atoms with Gasteiger partial charge in [-0.1, -0.05) is 6.07 Å². The molecule has 1 aliphatic rings. The Labute approximate surface area is 143 Å². The van der Waals surface area contributed by atoms with Gasteiger partial charge in [0.15, 0.2) is 5.82 Å². The number of anilines is 2. The molecule has 0 amide bonds. The Morgan fingerprint density at radius 1 is 1.21 bits per heavy atom. The fourth-order valence-corrected chi connectivity index (χ4v) is 4.09. The van der Waals surface area contributed by atoms with Gasteiger partial charge >= 0.3 is 0 Å². The largest absolute Gasteiger partial charge is 0.323 e. The van der Waals surface area contributed by atoms with Gasteiger partial charge in [-0.15, -0.1) is 11.3 Å². The highest BCUT2D eigenvalue weighted by Gasteiger charge is 2.25. The molecule has 0 aromatic carbocycles. The molecule has 4 rings (SSSR count). The first kappa shape index (κ1) is 15.3. The van der Waals surface area contributed by atoms with Crippen molar-refractivity contribution in [3.8, 4) is 10.6 Å². The molecule has 3 heterocycles. The summed E-state index contributed by atoms with van der Waals surface area (Å²) in [6.07, 6.45) is 2.42. The molecular formula is C15H15N5O2S2. The number of aromatic nitrogens is 3. The van der Waals surface area contributed by atoms with E-state index in [9.17, 15) is 8.42 Å². The molecule has 7 nitrogen and oxygen atoms in total. The van der Waals surface area contributed by atoms with E-state index in [2.05, 4.69) is 20.5 Å². The van der Waals surface area contributed by atoms with E-state index in [1.165, 1.54) is 18.9 Å². The lowest BCUT2D eigenvalue weighted by atomic mass is 10.3. The van der Waals surface area contributed by atoms with Gasteiger partial charge in [-0.3, -0.25) is 5.10 Å². The van der Waals surface area contributed by atoms with E-state index in [1.54, 1.807) is 6.07 Å². The van der Waals surface area contributed by atoms with Crippen molar-refractivity contribution in [3.63, 3.8) is 0 Å². The number of nitrogens with one attached hydrogen (secondary N) is 2. The second-order valence-corrected chi connectivity index (χ2v) is 8.55. The first-order valence-electron chi connectivity index (χ1n) is 7.41. The number of aromatic amines is 1. The van der Waals surface area contributed by atoms with Gasteiger partial charge in [-0.05, 0) is 37.1 Å². The van der Waals surface area contributed by atoms with E-state index >= 15 is 0 Å². The number of nitrogens with zero attached hydrogens (tertiary/aromatic N) is 2. The van der Waals surface area contributed by atoms with E-state index < -0.39 is 10.0 Å². The molecule has 0 aliphatic heterocycles. The highest BCUT2D eigenvalue weighted by Crippen LogP contribution is 2.39. The Balaban J connectivity index is 1.57. The third-order valence-electron chi connectivity index (χ3n) is 3.73. The molecule has 1 fully saturated rings. The summed E-state index contributed by atoms with van der Waals surface area (Å²) in [5.74, 6) is 1.97. The quantitative estimate of drug-likeness (QED) is 0.646. The summed E-state index contributed by atoms with van der Waals surface area (Å²) >= 11 is 1.10. The molecule has 1 saturated carbocycles. The van der Waals surface area contributed by atoms with Crippen LogP contribution < -0.4 is 10.5 Å². The Hall–Kier alpha value is -2.23. The van der Waals surface area contributed by atoms with E-state index in [0.717, 1.165) is 27.7 Å². The van der Waals surface area contributed by atoms with E-state index in [1.807, 2.05) is 24.3 Å². The van der Waals surface area contributed by atoms with E-state index in [4.69, 9.17) is 5.14 Å². The zero-order valence-electron chi connectivity index (χ0n) is 12.6. The number of sulfonamides is 1. The number of rotatable bonds is 5. The van der Waals surface area contributed by atoms with Crippen molar-refractivity contribution in [1.82, 2.24) is 15.2 Å². The summed E-state index contributed by atoms with van der Waals surface area (Å²) in [4.78, 5) is 5.25. The Bertz CT molecular complexity index is 989. The third-order valence-corrected chi connectivity index (χ3v) is 6.28. The van der Waals surface area contributed by atoms with Gasteiger partial charge in [0, 0.05) is 17.7 Å². The van der Waals surface area contributed by atoms with E-state index in [0.29, 0.717) is 17.4 Å². The summed E-state index contributed by atoms with van der Waals surface area (Å²) in [6.45, 7) is 0. The minimum Gasteiger partial charge on any atom is -0.323 e. The Morgan fingerprint density at radius 2 is 2.04 bits per heavy atom. The van der Waals surface area contributed by atoms with Crippen LogP contribution in [0.25, 0.3) is 10.6 Å². The maximum absolute atomic E-state index is 11.4. The summed E-state index contributed by atoms with van der Waals surface area (Å²) in [6, 6.07) is 10.7. The summed E-state index contributed by atoms with van der Waals surface area (Å²) in [5.41, 5.74) is 1.82. The number of primary sulfonamides is 1. The number of H-pyrrole nitrogens is 1. The molecule has 4 N–H and O–H groups in total. The Morgan fingerprint density at radius 3 is 2.75 bits per heavy atom. The summed E-state index contributed by atoms with van der Waals surface area (Å²) in [7, 11) is -3.69. The van der Waals surface area contributed by atoms with Crippen LogP contribution >= 0.6 is 11.3 Å². The lowest BCUT2D eigenvalue weighted by molar-refractivity contribution is 0.600. The molecule has 3 aromatic rings. The molecule has 3 aromatic heterocycles. The van der Waals surface area contributed by atoms with Crippen molar-refractivity contribution < 1.29 is 8.42 Å². The normalized spacial score (nSPS) is 14.7. The van der Waals surface area contributed by atoms with E-state index in [-0.39, 0.29) is 4.21 Å². The topological polar surface area (TPSA) is 114 Å². The van der Waals surface area contributed by atoms with Crippen LogP contribution in [0.5, 0.6) is 0 Å². The van der Waals surface area contributed by atoms with Crippen molar-refractivity contribution >= 4 is 33.0 Å². The number of pyridine rings is 1. The number of hydrogen-bond donors (Lipinski definition) is 3. The molecule has 0 bridgehead atoms. The van der Waals surface area contributed by atoms with Gasteiger partial charge in [-0.2, -0.15) is 5.10 Å². The van der Waals surface area contributed by atoms with Gasteiger partial charge in [-0.25, -0.2) is 18.5 Å². The number of nitrogens with two attached hydrogens (primary N) is 1. The first-order valence-corrected chi connectivity index (χ1v) is 9.78. The molecule has 0 saturated heterocycles. The maximum Gasteiger partial charge on any atom is 0.247 e. The molecule has 24 heavy (non-hydrogen) atoms. The molecule has 0 radical (unpaired) electrons. The minimum atomic E-state index is -3.69. The molecule has 0 atom stereocenters. The van der Waals surface area contributed by atoms with Crippen molar-refractivity contribution in [3.05, 3.63) is 42.1 Å². The molecular weight excluding hydrogens is 346 g/mol. The standard InChI is InChI=1S/C15H15N5O2S2/c16-24(21,22)15-7-6-12(23-15)10-2-1-3-13(17-10)18-14-8-11(19-20-14)9-4-5-9/h1-3,6-9H,4-5H2,(H2,16,21,22)(H2,17,18,19,20). The fourth-order valence-electron chi connectivity index (χ4n) is 2.39. The highest BCUT2D eigenvalue weighted by atomic mass is 32.2. The van der Waals surface area contributed by atoms with Crippen LogP contribution in [0, 0.1) is 0 Å². The second-order valence-electron chi connectivity index (χ2n) is 5.68. The first-order chi connectivity index (χ1) is 11.5. The predicted octanol–water partition coefficient (Wildman–Crippen LogP) is 2.80. The SMILES string of the molecule is NS(=O)(=O)c1ccc(-c2cccc(Nc3cc(C4CC4)[nH]n3)n2)s1. The Kier molecular flexibility index (Phi) is 3.63. The average Bonchev–Trinajstić information content (AvgIpc) is 3.08. The zero-order chi connectivity index (χ0) is 16.7. The van der Waals surface area contributed by atoms with Crippen LogP contribution in [-0.4, -0.2) is 23.6 Å². The third kappa shape index (κ3) is 3.18. The van der Waals surface area contributed by atoms with Gasteiger partial charge in [0.1, 0.15) is 10.0 Å². The molecule has 9 heteroatoms. The minimum absolute atomic E-state index is 0.124. The summed E-state index contributed by atoms with van der Waals surface area (Å²) < 4.78 is 22.9. The lowest BCUT2D eigenvalue weighted by Gasteiger charge is -2.03. The second kappa shape index (κ2) is 5.69. The van der Waals surface area contributed by atoms with Crippen LogP contribution in [0.4, 0.5) is 11.6 Å². The van der Waals surface area contributed by atoms with Crippen LogP contribution in [0.1, 0.15) is 24.5 Å². The van der Waals surface area contributed by atoms with Gasteiger partial charge in [0.2, 0.25) is 10.0 Å².